The number of urea groups is 1. The van der Waals surface area contributed by atoms with Gasteiger partial charge in [-0.2, -0.15) is 13.2 Å². The van der Waals surface area contributed by atoms with E-state index in [2.05, 4.69) is 10.6 Å². The molecule has 0 saturated heterocycles. The van der Waals surface area contributed by atoms with Gasteiger partial charge in [0.1, 0.15) is 0 Å². The number of para-hydroxylation sites is 1. The van der Waals surface area contributed by atoms with Crippen LogP contribution in [-0.2, 0) is 6.18 Å². The number of nitrogens with one attached hydrogen (secondary N) is 2. The minimum Gasteiger partial charge on any atom is -0.307 e. The van der Waals surface area contributed by atoms with E-state index in [1.54, 1.807) is 6.07 Å². The minimum absolute atomic E-state index is 0.0577. The SMILES string of the molecule is O=C(Nc1ccccc1Sc1ccc([N+](=O)[O-])cc1[N+](=O)[O-])Nc1ccc(Cl)cc1C(F)(F)F. The molecule has 0 atom stereocenters. The number of carbonyl (C=O) groups is 1. The average Bonchev–Trinajstić information content (AvgIpc) is 2.75. The Labute approximate surface area is 198 Å². The van der Waals surface area contributed by atoms with Crippen LogP contribution in [0, 0.1) is 20.2 Å². The minimum atomic E-state index is -4.77. The number of nitro benzene ring substituents is 2. The molecule has 2 N–H and O–H groups in total. The van der Waals surface area contributed by atoms with E-state index in [0.29, 0.717) is 11.0 Å². The van der Waals surface area contributed by atoms with Gasteiger partial charge in [-0.3, -0.25) is 20.2 Å². The number of benzene rings is 3. The molecule has 2 amide bonds. The van der Waals surface area contributed by atoms with Gasteiger partial charge in [-0.1, -0.05) is 35.5 Å². The summed E-state index contributed by atoms with van der Waals surface area (Å²) < 4.78 is 39.8. The highest BCUT2D eigenvalue weighted by atomic mass is 35.5. The number of alkyl halides is 3. The number of rotatable bonds is 6. The highest BCUT2D eigenvalue weighted by molar-refractivity contribution is 7.99. The van der Waals surface area contributed by atoms with Gasteiger partial charge in [0, 0.05) is 16.0 Å². The largest absolute Gasteiger partial charge is 0.418 e. The first kappa shape index (κ1) is 24.8. The summed E-state index contributed by atoms with van der Waals surface area (Å²) in [5, 5.41) is 26.6. The molecule has 0 saturated carbocycles. The lowest BCUT2D eigenvalue weighted by Crippen LogP contribution is -2.22. The van der Waals surface area contributed by atoms with Crippen LogP contribution in [0.1, 0.15) is 5.56 Å². The third-order valence-electron chi connectivity index (χ3n) is 4.24. The number of amides is 2. The third-order valence-corrected chi connectivity index (χ3v) is 5.62. The molecule has 0 aliphatic heterocycles. The molecule has 9 nitrogen and oxygen atoms in total. The molecule has 0 aliphatic carbocycles. The number of hydrogen-bond acceptors (Lipinski definition) is 6. The van der Waals surface area contributed by atoms with Gasteiger partial charge in [-0.15, -0.1) is 0 Å². The molecule has 0 unspecified atom stereocenters. The average molecular weight is 513 g/mol. The summed E-state index contributed by atoms with van der Waals surface area (Å²) in [4.78, 5) is 33.5. The lowest BCUT2D eigenvalue weighted by Gasteiger charge is -2.15. The maximum absolute atomic E-state index is 13.3. The van der Waals surface area contributed by atoms with Crippen LogP contribution in [0.25, 0.3) is 0 Å². The van der Waals surface area contributed by atoms with Crippen molar-refractivity contribution >= 4 is 52.1 Å². The Morgan fingerprint density at radius 1 is 0.882 bits per heavy atom. The molecule has 0 spiro atoms. The van der Waals surface area contributed by atoms with Crippen molar-refractivity contribution < 1.29 is 27.8 Å². The number of nitro groups is 2. The van der Waals surface area contributed by atoms with Gasteiger partial charge in [0.25, 0.3) is 11.4 Å². The second-order valence-electron chi connectivity index (χ2n) is 6.53. The lowest BCUT2D eigenvalue weighted by atomic mass is 10.1. The molecule has 0 heterocycles. The van der Waals surface area contributed by atoms with Crippen molar-refractivity contribution in [3.8, 4) is 0 Å². The molecule has 3 aromatic carbocycles. The predicted octanol–water partition coefficient (Wildman–Crippen LogP) is 6.97. The Hall–Kier alpha value is -3.84. The number of non-ortho nitro benzene ring substituents is 1. The predicted molar refractivity (Wildman–Crippen MR) is 119 cm³/mol. The molecule has 3 rings (SSSR count). The van der Waals surface area contributed by atoms with E-state index in [-0.39, 0.29) is 15.6 Å². The van der Waals surface area contributed by atoms with Gasteiger partial charge < -0.3 is 10.6 Å². The Morgan fingerprint density at radius 2 is 1.56 bits per heavy atom. The first-order valence-electron chi connectivity index (χ1n) is 9.10. The summed E-state index contributed by atoms with van der Waals surface area (Å²) in [6.07, 6.45) is -4.77. The van der Waals surface area contributed by atoms with Crippen molar-refractivity contribution in [2.45, 2.75) is 16.0 Å². The van der Waals surface area contributed by atoms with E-state index in [1.165, 1.54) is 30.3 Å². The molecule has 0 aliphatic rings. The van der Waals surface area contributed by atoms with Crippen LogP contribution in [0.2, 0.25) is 5.02 Å². The Morgan fingerprint density at radius 3 is 2.21 bits per heavy atom. The molecule has 0 fully saturated rings. The van der Waals surface area contributed by atoms with E-state index in [4.69, 9.17) is 11.6 Å². The Kier molecular flexibility index (Phi) is 7.27. The maximum atomic E-state index is 13.3. The molecule has 0 aromatic heterocycles. The van der Waals surface area contributed by atoms with Crippen LogP contribution in [0.4, 0.5) is 40.7 Å². The van der Waals surface area contributed by atoms with Crippen molar-refractivity contribution in [3.63, 3.8) is 0 Å². The van der Waals surface area contributed by atoms with E-state index in [9.17, 15) is 38.2 Å². The summed E-state index contributed by atoms with van der Waals surface area (Å²) in [6, 6.07) is 11.0. The number of halogens is 4. The van der Waals surface area contributed by atoms with Gasteiger partial charge in [0.2, 0.25) is 0 Å². The lowest BCUT2D eigenvalue weighted by molar-refractivity contribution is -0.396. The fourth-order valence-electron chi connectivity index (χ4n) is 2.76. The fourth-order valence-corrected chi connectivity index (χ4v) is 3.92. The van der Waals surface area contributed by atoms with Gasteiger partial charge in [-0.05, 0) is 36.4 Å². The monoisotopic (exact) mass is 512 g/mol. The van der Waals surface area contributed by atoms with E-state index >= 15 is 0 Å². The highest BCUT2D eigenvalue weighted by Crippen LogP contribution is 2.40. The van der Waals surface area contributed by atoms with Crippen LogP contribution < -0.4 is 10.6 Å². The van der Waals surface area contributed by atoms with Crippen molar-refractivity contribution in [2.24, 2.45) is 0 Å². The normalized spacial score (nSPS) is 11.1. The second-order valence-corrected chi connectivity index (χ2v) is 8.05. The van der Waals surface area contributed by atoms with Gasteiger partial charge in [0.15, 0.2) is 0 Å². The van der Waals surface area contributed by atoms with Gasteiger partial charge in [-0.25, -0.2) is 4.79 Å². The van der Waals surface area contributed by atoms with Crippen LogP contribution in [-0.4, -0.2) is 15.9 Å². The molecule has 176 valence electrons. The van der Waals surface area contributed by atoms with Gasteiger partial charge >= 0.3 is 12.2 Å². The second kappa shape index (κ2) is 9.97. The summed E-state index contributed by atoms with van der Waals surface area (Å²) in [6.45, 7) is 0. The van der Waals surface area contributed by atoms with Crippen molar-refractivity contribution in [1.82, 2.24) is 0 Å². The quantitative estimate of drug-likeness (QED) is 0.271. The molecule has 34 heavy (non-hydrogen) atoms. The molecule has 0 radical (unpaired) electrons. The molecule has 3 aromatic rings. The van der Waals surface area contributed by atoms with E-state index < -0.39 is 44.7 Å². The molecular formula is C20H12ClF3N4O5S. The smallest absolute Gasteiger partial charge is 0.307 e. The van der Waals surface area contributed by atoms with Crippen LogP contribution >= 0.6 is 23.4 Å². The van der Waals surface area contributed by atoms with Crippen molar-refractivity contribution in [2.75, 3.05) is 10.6 Å². The summed E-state index contributed by atoms with van der Waals surface area (Å²) in [7, 11) is 0. The molecule has 14 heteroatoms. The fraction of sp³-hybridized carbons (Fsp3) is 0.0500. The summed E-state index contributed by atoms with van der Waals surface area (Å²) >= 11 is 6.48. The summed E-state index contributed by atoms with van der Waals surface area (Å²) in [5.74, 6) is 0. The molecular weight excluding hydrogens is 501 g/mol. The first-order valence-corrected chi connectivity index (χ1v) is 10.3. The van der Waals surface area contributed by atoms with Crippen molar-refractivity contribution in [3.05, 3.63) is 91.5 Å². The van der Waals surface area contributed by atoms with Gasteiger partial charge in [0.05, 0.1) is 37.7 Å². The number of nitrogens with zero attached hydrogens (tertiary/aromatic N) is 2. The Bertz CT molecular complexity index is 1290. The Balaban J connectivity index is 1.86. The van der Waals surface area contributed by atoms with Crippen LogP contribution in [0.3, 0.4) is 0 Å². The zero-order valence-corrected chi connectivity index (χ0v) is 18.2. The third kappa shape index (κ3) is 5.94. The number of hydrogen-bond donors (Lipinski definition) is 2. The van der Waals surface area contributed by atoms with E-state index in [0.717, 1.165) is 30.0 Å². The van der Waals surface area contributed by atoms with Crippen LogP contribution in [0.15, 0.2) is 70.5 Å². The zero-order chi connectivity index (χ0) is 25.0. The summed E-state index contributed by atoms with van der Waals surface area (Å²) in [5.41, 5.74) is -2.51. The van der Waals surface area contributed by atoms with Crippen molar-refractivity contribution in [1.29, 1.82) is 0 Å². The standard InChI is InChI=1S/C20H12ClF3N4O5S/c21-11-5-7-14(13(9-11)20(22,23)24)25-19(29)26-15-3-1-2-4-17(15)34-18-8-6-12(27(30)31)10-16(18)28(32)33/h1-10H,(H2,25,26,29). The van der Waals surface area contributed by atoms with Crippen LogP contribution in [0.5, 0.6) is 0 Å². The molecule has 0 bridgehead atoms. The van der Waals surface area contributed by atoms with E-state index in [1.807, 2.05) is 0 Å². The number of anilines is 2. The highest BCUT2D eigenvalue weighted by Gasteiger charge is 2.34. The number of carbonyl (C=O) groups excluding carboxylic acids is 1. The first-order chi connectivity index (χ1) is 16.0. The topological polar surface area (TPSA) is 127 Å². The maximum Gasteiger partial charge on any atom is 0.418 e. The zero-order valence-electron chi connectivity index (χ0n) is 16.6.